The van der Waals surface area contributed by atoms with Crippen molar-refractivity contribution in [2.24, 2.45) is 4.99 Å². The summed E-state index contributed by atoms with van der Waals surface area (Å²) < 4.78 is 1.94. The van der Waals surface area contributed by atoms with Gasteiger partial charge in [-0.3, -0.25) is 4.79 Å². The lowest BCUT2D eigenvalue weighted by atomic mass is 10.0. The van der Waals surface area contributed by atoms with Crippen molar-refractivity contribution in [1.82, 2.24) is 5.32 Å². The second kappa shape index (κ2) is 12.3. The second-order valence-corrected chi connectivity index (χ2v) is 11.1. The highest BCUT2D eigenvalue weighted by molar-refractivity contribution is 6.22. The second-order valence-electron chi connectivity index (χ2n) is 11.1. The first-order chi connectivity index (χ1) is 15.9. The maximum absolute atomic E-state index is 12.1. The van der Waals surface area contributed by atoms with Crippen molar-refractivity contribution in [2.75, 3.05) is 86.5 Å². The summed E-state index contributed by atoms with van der Waals surface area (Å²) in [6, 6.07) is 8.37. The van der Waals surface area contributed by atoms with E-state index < -0.39 is 0 Å². The Bertz CT molecular complexity index is 882. The first kappa shape index (κ1) is 27.8. The van der Waals surface area contributed by atoms with Crippen LogP contribution in [0.1, 0.15) is 19.8 Å². The monoisotopic (exact) mass is 471 g/mol. The van der Waals surface area contributed by atoms with E-state index in [0.29, 0.717) is 23.5 Å². The van der Waals surface area contributed by atoms with E-state index in [-0.39, 0.29) is 12.4 Å². The molecule has 0 radical (unpaired) electrons. The van der Waals surface area contributed by atoms with Gasteiger partial charge >= 0.3 is 0 Å². The molecule has 0 bridgehead atoms. The predicted molar refractivity (Wildman–Crippen MR) is 143 cm³/mol. The first-order valence-electron chi connectivity index (χ1n) is 12.2. The number of hydrogen-bond acceptors (Lipinski definition) is 5. The van der Waals surface area contributed by atoms with Gasteiger partial charge in [-0.2, -0.15) is 0 Å². The number of ketones is 1. The van der Waals surface area contributed by atoms with Gasteiger partial charge in [0.25, 0.3) is 0 Å². The van der Waals surface area contributed by atoms with Crippen LogP contribution < -0.4 is 10.2 Å². The first-order valence-corrected chi connectivity index (χ1v) is 12.2. The van der Waals surface area contributed by atoms with Crippen LogP contribution in [0.3, 0.4) is 0 Å². The lowest BCUT2D eigenvalue weighted by Crippen LogP contribution is -2.39. The average Bonchev–Trinajstić information content (AvgIpc) is 2.73. The minimum absolute atomic E-state index is 0.00573. The Morgan fingerprint density at radius 1 is 0.912 bits per heavy atom. The van der Waals surface area contributed by atoms with Crippen LogP contribution in [-0.2, 0) is 4.79 Å². The summed E-state index contributed by atoms with van der Waals surface area (Å²) in [5, 5.41) is 12.2. The molecule has 2 N–H and O–H groups in total. The van der Waals surface area contributed by atoms with E-state index in [1.165, 1.54) is 5.69 Å². The van der Waals surface area contributed by atoms with E-state index >= 15 is 0 Å². The Balaban J connectivity index is 2.18. The SMILES string of the molecule is CC1=CC(=Nc2ccc(N(CCC[N+](C)(C)C)CCC[N+](C)(C)C)cc2)C(NCCO)=CC1=O. The summed E-state index contributed by atoms with van der Waals surface area (Å²) in [6.07, 6.45) is 5.64. The van der Waals surface area contributed by atoms with Crippen molar-refractivity contribution in [3.8, 4) is 0 Å². The Morgan fingerprint density at radius 3 is 1.97 bits per heavy atom. The van der Waals surface area contributed by atoms with Crippen LogP contribution in [0.15, 0.2) is 52.7 Å². The lowest BCUT2D eigenvalue weighted by molar-refractivity contribution is -0.870. The van der Waals surface area contributed by atoms with E-state index in [1.54, 1.807) is 19.1 Å². The molecular formula is C27H45N5O2+2. The smallest absolute Gasteiger partial charge is 0.183 e. The van der Waals surface area contributed by atoms with Gasteiger partial charge in [0.05, 0.1) is 79.1 Å². The van der Waals surface area contributed by atoms with Gasteiger partial charge in [0.15, 0.2) is 5.78 Å². The third-order valence-electron chi connectivity index (χ3n) is 5.70. The molecule has 0 atom stereocenters. The summed E-state index contributed by atoms with van der Waals surface area (Å²) in [5.41, 5.74) is 4.07. The molecule has 2 rings (SSSR count). The molecule has 0 spiro atoms. The van der Waals surface area contributed by atoms with Crippen LogP contribution in [0, 0.1) is 0 Å². The minimum atomic E-state index is -0.0341. The number of rotatable bonds is 13. The molecular weight excluding hydrogens is 426 g/mol. The number of hydrogen-bond donors (Lipinski definition) is 2. The molecule has 0 saturated heterocycles. The van der Waals surface area contributed by atoms with Crippen molar-refractivity contribution in [2.45, 2.75) is 19.8 Å². The number of carbonyl (C=O) groups is 1. The standard InChI is InChI=1S/C27H44N5O2/c1-22-20-26(25(21-27(22)34)28-14-19-33)29-23-10-12-24(13-11-23)30(15-8-17-31(2,3)4)16-9-18-32(5,6)7/h10-13,20-21,33H,8-9,14-19H2,1-7H3/q+1/p+1. The summed E-state index contributed by atoms with van der Waals surface area (Å²) in [6.45, 7) is 6.50. The van der Waals surface area contributed by atoms with E-state index in [9.17, 15) is 4.79 Å². The van der Waals surface area contributed by atoms with Gasteiger partial charge in [-0.1, -0.05) is 0 Å². The number of quaternary nitrogens is 2. The fourth-order valence-electron chi connectivity index (χ4n) is 3.82. The van der Waals surface area contributed by atoms with Crippen LogP contribution >= 0.6 is 0 Å². The van der Waals surface area contributed by atoms with Gasteiger partial charge < -0.3 is 24.3 Å². The Morgan fingerprint density at radius 2 is 1.47 bits per heavy atom. The normalized spacial score (nSPS) is 15.9. The zero-order chi connectivity index (χ0) is 25.4. The summed E-state index contributed by atoms with van der Waals surface area (Å²) in [4.78, 5) is 19.3. The molecule has 0 unspecified atom stereocenters. The van der Waals surface area contributed by atoms with Gasteiger partial charge in [-0.05, 0) is 42.8 Å². The van der Waals surface area contributed by atoms with Crippen LogP contribution in [0.25, 0.3) is 0 Å². The molecule has 188 valence electrons. The Hall–Kier alpha value is -2.48. The number of aliphatic hydroxyl groups is 1. The van der Waals surface area contributed by atoms with Crippen LogP contribution in [0.4, 0.5) is 11.4 Å². The molecule has 0 fully saturated rings. The highest BCUT2D eigenvalue weighted by Gasteiger charge is 2.17. The number of benzene rings is 1. The molecule has 7 nitrogen and oxygen atoms in total. The van der Waals surface area contributed by atoms with Gasteiger partial charge in [-0.15, -0.1) is 0 Å². The third-order valence-corrected chi connectivity index (χ3v) is 5.70. The van der Waals surface area contributed by atoms with Crippen molar-refractivity contribution in [3.63, 3.8) is 0 Å². The molecule has 0 heterocycles. The number of allylic oxidation sites excluding steroid dienone is 3. The van der Waals surface area contributed by atoms with Crippen molar-refractivity contribution >= 4 is 22.9 Å². The Kier molecular flexibility index (Phi) is 10.0. The molecule has 34 heavy (non-hydrogen) atoms. The van der Waals surface area contributed by atoms with Crippen molar-refractivity contribution in [3.05, 3.63) is 47.7 Å². The topological polar surface area (TPSA) is 64.9 Å². The number of aliphatic hydroxyl groups excluding tert-OH is 1. The van der Waals surface area contributed by atoms with Crippen molar-refractivity contribution < 1.29 is 18.9 Å². The number of anilines is 1. The molecule has 1 aromatic rings. The summed E-state index contributed by atoms with van der Waals surface area (Å²) >= 11 is 0. The maximum Gasteiger partial charge on any atom is 0.183 e. The van der Waals surface area contributed by atoms with E-state index in [1.807, 2.05) is 12.1 Å². The van der Waals surface area contributed by atoms with Crippen LogP contribution in [0.5, 0.6) is 0 Å². The summed E-state index contributed by atoms with van der Waals surface area (Å²) in [5.74, 6) is -0.0341. The van der Waals surface area contributed by atoms with Gasteiger partial charge in [0.1, 0.15) is 0 Å². The number of carbonyl (C=O) groups excluding carboxylic acids is 1. The molecule has 7 heteroatoms. The number of aliphatic imine (C=N–C) groups is 1. The van der Waals surface area contributed by atoms with Crippen LogP contribution in [0.2, 0.25) is 0 Å². The number of nitrogens with zero attached hydrogens (tertiary/aromatic N) is 4. The van der Waals surface area contributed by atoms with E-state index in [2.05, 4.69) is 64.6 Å². The molecule has 0 amide bonds. The molecule has 0 saturated carbocycles. The lowest BCUT2D eigenvalue weighted by Gasteiger charge is -2.30. The van der Waals surface area contributed by atoms with Gasteiger partial charge in [0, 0.05) is 44.2 Å². The van der Waals surface area contributed by atoms with Crippen molar-refractivity contribution in [1.29, 1.82) is 0 Å². The van der Waals surface area contributed by atoms with Gasteiger partial charge in [0.2, 0.25) is 0 Å². The molecule has 0 aromatic heterocycles. The summed E-state index contributed by atoms with van der Waals surface area (Å²) in [7, 11) is 13.4. The highest BCUT2D eigenvalue weighted by Crippen LogP contribution is 2.23. The maximum atomic E-state index is 12.1. The fourth-order valence-corrected chi connectivity index (χ4v) is 3.82. The molecule has 1 aliphatic rings. The zero-order valence-corrected chi connectivity index (χ0v) is 22.3. The predicted octanol–water partition coefficient (Wildman–Crippen LogP) is 2.75. The fraction of sp³-hybridized carbons (Fsp3) is 0.556. The van der Waals surface area contributed by atoms with E-state index in [0.717, 1.165) is 53.7 Å². The number of nitrogens with one attached hydrogen (secondary N) is 1. The highest BCUT2D eigenvalue weighted by atomic mass is 16.3. The van der Waals surface area contributed by atoms with E-state index in [4.69, 9.17) is 10.1 Å². The zero-order valence-electron chi connectivity index (χ0n) is 22.3. The minimum Gasteiger partial charge on any atom is -0.395 e. The van der Waals surface area contributed by atoms with Gasteiger partial charge in [-0.25, -0.2) is 4.99 Å². The average molecular weight is 472 g/mol. The quantitative estimate of drug-likeness (QED) is 0.343. The molecule has 1 aromatic carbocycles. The molecule has 1 aliphatic carbocycles. The third kappa shape index (κ3) is 9.79. The largest absolute Gasteiger partial charge is 0.395 e. The van der Waals surface area contributed by atoms with Crippen LogP contribution in [-0.4, -0.2) is 107 Å². The molecule has 0 aliphatic heterocycles. The Labute approximate surface area is 206 Å².